The summed E-state index contributed by atoms with van der Waals surface area (Å²) in [5.74, 6) is -0.955. The number of rotatable bonds is 2. The number of carbonyl (C=O) groups is 2. The lowest BCUT2D eigenvalue weighted by molar-refractivity contribution is 0.0843. The topological polar surface area (TPSA) is 84.0 Å². The molecule has 7 heteroatoms. The van der Waals surface area contributed by atoms with Gasteiger partial charge in [-0.15, -0.1) is 0 Å². The molecule has 2 amide bonds. The van der Waals surface area contributed by atoms with E-state index < -0.39 is 11.8 Å². The molecule has 102 valence electrons. The van der Waals surface area contributed by atoms with Gasteiger partial charge in [-0.05, 0) is 35.0 Å². The highest BCUT2D eigenvalue weighted by molar-refractivity contribution is 9.10. The van der Waals surface area contributed by atoms with Gasteiger partial charge in [0.25, 0.3) is 11.8 Å². The van der Waals surface area contributed by atoms with Crippen LogP contribution in [0.15, 0.2) is 41.1 Å². The summed E-state index contributed by atoms with van der Waals surface area (Å²) in [6, 6.07) is 6.90. The predicted molar refractivity (Wildman–Crippen MR) is 75.8 cm³/mol. The van der Waals surface area contributed by atoms with Crippen molar-refractivity contribution in [1.82, 2.24) is 20.8 Å². The number of amides is 2. The van der Waals surface area contributed by atoms with Crippen molar-refractivity contribution in [2.24, 2.45) is 0 Å². The molecule has 2 rings (SSSR count). The summed E-state index contributed by atoms with van der Waals surface area (Å²) in [6.45, 7) is 1.77. The Morgan fingerprint density at radius 3 is 2.40 bits per heavy atom. The molecular formula is C13H11BrN4O2. The van der Waals surface area contributed by atoms with Crippen molar-refractivity contribution >= 4 is 27.7 Å². The van der Waals surface area contributed by atoms with E-state index in [0.29, 0.717) is 15.7 Å². The summed E-state index contributed by atoms with van der Waals surface area (Å²) in [6.07, 6.45) is 2.82. The highest BCUT2D eigenvalue weighted by Gasteiger charge is 2.12. The molecule has 0 aliphatic heterocycles. The van der Waals surface area contributed by atoms with E-state index in [1.165, 1.54) is 12.4 Å². The van der Waals surface area contributed by atoms with Crippen LogP contribution in [0.25, 0.3) is 0 Å². The summed E-state index contributed by atoms with van der Waals surface area (Å²) in [4.78, 5) is 31.5. The second-order valence-corrected chi connectivity index (χ2v) is 4.79. The first-order valence-corrected chi connectivity index (χ1v) is 6.51. The Bertz CT molecular complexity index is 643. The number of aryl methyl sites for hydroxylation is 1. The number of benzene rings is 1. The lowest BCUT2D eigenvalue weighted by Gasteiger charge is -2.08. The van der Waals surface area contributed by atoms with E-state index in [4.69, 9.17) is 0 Å². The van der Waals surface area contributed by atoms with Gasteiger partial charge < -0.3 is 0 Å². The molecule has 0 radical (unpaired) electrons. The standard InChI is InChI=1S/C13H11BrN4O2/c1-8-6-16-11(7-15-8)13(20)18-17-12(19)9-4-2-3-5-10(9)14/h2-7H,1H3,(H,17,19)(H,18,20). The van der Waals surface area contributed by atoms with Crippen molar-refractivity contribution in [3.05, 3.63) is 58.1 Å². The third-order valence-corrected chi connectivity index (χ3v) is 3.11. The summed E-state index contributed by atoms with van der Waals surface area (Å²) in [5, 5.41) is 0. The van der Waals surface area contributed by atoms with Gasteiger partial charge in [-0.25, -0.2) is 4.98 Å². The molecule has 0 aliphatic carbocycles. The van der Waals surface area contributed by atoms with Gasteiger partial charge in [0, 0.05) is 10.7 Å². The Kier molecular flexibility index (Phi) is 4.41. The quantitative estimate of drug-likeness (QED) is 0.817. The molecule has 1 aromatic heterocycles. The molecule has 1 heterocycles. The molecule has 20 heavy (non-hydrogen) atoms. The van der Waals surface area contributed by atoms with Gasteiger partial charge in [0.1, 0.15) is 5.69 Å². The number of hydrazine groups is 1. The minimum Gasteiger partial charge on any atom is -0.267 e. The maximum Gasteiger partial charge on any atom is 0.289 e. The fraction of sp³-hybridized carbons (Fsp3) is 0.0769. The van der Waals surface area contributed by atoms with E-state index >= 15 is 0 Å². The Hall–Kier alpha value is -2.28. The number of nitrogens with one attached hydrogen (secondary N) is 2. The smallest absolute Gasteiger partial charge is 0.267 e. The van der Waals surface area contributed by atoms with Crippen LogP contribution in [-0.2, 0) is 0 Å². The summed E-state index contributed by atoms with van der Waals surface area (Å²) < 4.78 is 0.641. The molecule has 1 aromatic carbocycles. The van der Waals surface area contributed by atoms with E-state index in [1.54, 1.807) is 31.2 Å². The van der Waals surface area contributed by atoms with Gasteiger partial charge in [0.2, 0.25) is 0 Å². The van der Waals surface area contributed by atoms with Crippen molar-refractivity contribution < 1.29 is 9.59 Å². The van der Waals surface area contributed by atoms with Gasteiger partial charge in [-0.2, -0.15) is 0 Å². The van der Waals surface area contributed by atoms with Crippen molar-refractivity contribution in [1.29, 1.82) is 0 Å². The average molecular weight is 335 g/mol. The SMILES string of the molecule is Cc1cnc(C(=O)NNC(=O)c2ccccc2Br)cn1. The van der Waals surface area contributed by atoms with Crippen LogP contribution in [-0.4, -0.2) is 21.8 Å². The van der Waals surface area contributed by atoms with Gasteiger partial charge in [-0.1, -0.05) is 12.1 Å². The van der Waals surface area contributed by atoms with Crippen LogP contribution in [0, 0.1) is 6.92 Å². The minimum atomic E-state index is -0.530. The Balaban J connectivity index is 1.99. The fourth-order valence-electron chi connectivity index (χ4n) is 1.40. The largest absolute Gasteiger partial charge is 0.289 e. The van der Waals surface area contributed by atoms with Crippen molar-refractivity contribution in [3.8, 4) is 0 Å². The van der Waals surface area contributed by atoms with E-state index in [1.807, 2.05) is 0 Å². The van der Waals surface area contributed by atoms with Gasteiger partial charge in [-0.3, -0.25) is 25.4 Å². The number of nitrogens with zero attached hydrogens (tertiary/aromatic N) is 2. The summed E-state index contributed by atoms with van der Waals surface area (Å²) in [5.41, 5.74) is 5.85. The molecule has 0 fully saturated rings. The van der Waals surface area contributed by atoms with Crippen LogP contribution >= 0.6 is 15.9 Å². The Labute approximate surface area is 123 Å². The van der Waals surface area contributed by atoms with Crippen LogP contribution in [0.1, 0.15) is 26.5 Å². The first kappa shape index (κ1) is 14.1. The van der Waals surface area contributed by atoms with Crippen molar-refractivity contribution in [2.45, 2.75) is 6.92 Å². The Morgan fingerprint density at radius 1 is 1.05 bits per heavy atom. The predicted octanol–water partition coefficient (Wildman–Crippen LogP) is 1.62. The van der Waals surface area contributed by atoms with Crippen LogP contribution in [0.5, 0.6) is 0 Å². The number of carbonyl (C=O) groups excluding carboxylic acids is 2. The molecule has 0 saturated carbocycles. The Morgan fingerprint density at radius 2 is 1.75 bits per heavy atom. The highest BCUT2D eigenvalue weighted by Crippen LogP contribution is 2.15. The molecule has 0 atom stereocenters. The molecule has 0 unspecified atom stereocenters. The number of aromatic nitrogens is 2. The molecule has 0 bridgehead atoms. The van der Waals surface area contributed by atoms with Crippen LogP contribution in [0.3, 0.4) is 0 Å². The second kappa shape index (κ2) is 6.25. The van der Waals surface area contributed by atoms with Gasteiger partial charge in [0.05, 0.1) is 17.5 Å². The van der Waals surface area contributed by atoms with Crippen molar-refractivity contribution in [3.63, 3.8) is 0 Å². The van der Waals surface area contributed by atoms with Crippen LogP contribution < -0.4 is 10.9 Å². The zero-order chi connectivity index (χ0) is 14.5. The molecule has 0 saturated heterocycles. The second-order valence-electron chi connectivity index (χ2n) is 3.93. The van der Waals surface area contributed by atoms with E-state index in [-0.39, 0.29) is 5.69 Å². The maximum atomic E-state index is 11.9. The first-order valence-electron chi connectivity index (χ1n) is 5.72. The number of hydrogen-bond donors (Lipinski definition) is 2. The molecule has 2 aromatic rings. The highest BCUT2D eigenvalue weighted by atomic mass is 79.9. The zero-order valence-corrected chi connectivity index (χ0v) is 12.1. The summed E-state index contributed by atoms with van der Waals surface area (Å²) >= 11 is 3.26. The normalized spacial score (nSPS) is 9.90. The number of hydrogen-bond acceptors (Lipinski definition) is 4. The molecule has 0 aliphatic rings. The average Bonchev–Trinajstić information content (AvgIpc) is 2.45. The van der Waals surface area contributed by atoms with Crippen LogP contribution in [0.4, 0.5) is 0 Å². The monoisotopic (exact) mass is 334 g/mol. The van der Waals surface area contributed by atoms with Gasteiger partial charge in [0.15, 0.2) is 0 Å². The lowest BCUT2D eigenvalue weighted by Crippen LogP contribution is -2.42. The minimum absolute atomic E-state index is 0.128. The van der Waals surface area contributed by atoms with Crippen molar-refractivity contribution in [2.75, 3.05) is 0 Å². The third-order valence-electron chi connectivity index (χ3n) is 2.42. The molecular weight excluding hydrogens is 324 g/mol. The number of halogens is 1. The lowest BCUT2D eigenvalue weighted by atomic mass is 10.2. The van der Waals surface area contributed by atoms with E-state index in [0.717, 1.165) is 0 Å². The first-order chi connectivity index (χ1) is 9.58. The zero-order valence-electron chi connectivity index (χ0n) is 10.6. The van der Waals surface area contributed by atoms with E-state index in [9.17, 15) is 9.59 Å². The molecule has 0 spiro atoms. The maximum absolute atomic E-state index is 11.9. The van der Waals surface area contributed by atoms with Crippen LogP contribution in [0.2, 0.25) is 0 Å². The molecule has 2 N–H and O–H groups in total. The van der Waals surface area contributed by atoms with Gasteiger partial charge >= 0.3 is 0 Å². The summed E-state index contributed by atoms with van der Waals surface area (Å²) in [7, 11) is 0. The molecule has 6 nitrogen and oxygen atoms in total. The third kappa shape index (κ3) is 3.39. The fourth-order valence-corrected chi connectivity index (χ4v) is 1.86. The van der Waals surface area contributed by atoms with E-state index in [2.05, 4.69) is 36.7 Å².